The highest BCUT2D eigenvalue weighted by Crippen LogP contribution is 2.37. The molecule has 0 aromatic carbocycles. The van der Waals surface area contributed by atoms with Gasteiger partial charge in [0.15, 0.2) is 5.69 Å². The Balaban J connectivity index is 3.66. The Labute approximate surface area is 103 Å². The number of aromatic nitrogens is 1. The molecule has 0 aliphatic rings. The summed E-state index contributed by atoms with van der Waals surface area (Å²) in [4.78, 5) is 13.9. The number of alkyl halides is 5. The second-order valence-electron chi connectivity index (χ2n) is 3.20. The fraction of sp³-hybridized carbons (Fsp3) is 0.333. The molecule has 1 heterocycles. The summed E-state index contributed by atoms with van der Waals surface area (Å²) in [5.74, 6) is 0. The molecule has 0 spiro atoms. The lowest BCUT2D eigenvalue weighted by atomic mass is 10.1. The molecular formula is C9H6ClF5N2O. The second-order valence-corrected chi connectivity index (χ2v) is 3.54. The van der Waals surface area contributed by atoms with E-state index in [2.05, 4.69) is 4.98 Å². The Bertz CT molecular complexity index is 475. The lowest BCUT2D eigenvalue weighted by Crippen LogP contribution is -2.18. The van der Waals surface area contributed by atoms with Crippen molar-refractivity contribution in [2.75, 3.05) is 0 Å². The zero-order valence-electron chi connectivity index (χ0n) is 8.56. The van der Waals surface area contributed by atoms with Crippen LogP contribution in [0.5, 0.6) is 0 Å². The van der Waals surface area contributed by atoms with Crippen LogP contribution in [0.4, 0.5) is 22.0 Å². The zero-order chi connectivity index (χ0) is 14.1. The lowest BCUT2D eigenvalue weighted by molar-refractivity contribution is -0.143. The van der Waals surface area contributed by atoms with Crippen molar-refractivity contribution >= 4 is 16.8 Å². The van der Waals surface area contributed by atoms with Gasteiger partial charge in [-0.3, -0.25) is 4.79 Å². The molecule has 0 unspecified atom stereocenters. The van der Waals surface area contributed by atoms with Crippen molar-refractivity contribution in [3.8, 4) is 0 Å². The topological polar surface area (TPSA) is 56.0 Å². The first-order chi connectivity index (χ1) is 8.18. The van der Waals surface area contributed by atoms with Gasteiger partial charge in [0.1, 0.15) is 0 Å². The number of carbonyl (C=O) groups excluding carboxylic acids is 1. The molecule has 0 saturated heterocycles. The summed E-state index contributed by atoms with van der Waals surface area (Å²) in [6.45, 7) is -0.441. The smallest absolute Gasteiger partial charge is 0.325 e. The van der Waals surface area contributed by atoms with Crippen LogP contribution in [-0.2, 0) is 12.7 Å². The molecule has 0 bridgehead atoms. The fourth-order valence-corrected chi connectivity index (χ4v) is 1.47. The molecule has 1 aromatic rings. The summed E-state index contributed by atoms with van der Waals surface area (Å²) in [5, 5.41) is -1.42. The molecular weight excluding hydrogens is 283 g/mol. The molecule has 0 aliphatic heterocycles. The van der Waals surface area contributed by atoms with Gasteiger partial charge in [0.25, 0.3) is 11.7 Å². The van der Waals surface area contributed by atoms with Gasteiger partial charge in [-0.15, -0.1) is 0 Å². The van der Waals surface area contributed by atoms with Gasteiger partial charge in [-0.2, -0.15) is 13.2 Å². The van der Waals surface area contributed by atoms with E-state index in [1.165, 1.54) is 0 Å². The summed E-state index contributed by atoms with van der Waals surface area (Å²) < 4.78 is 63.0. The average molecular weight is 289 g/mol. The Morgan fingerprint density at radius 3 is 2.33 bits per heavy atom. The molecule has 3 nitrogen and oxygen atoms in total. The normalized spacial score (nSPS) is 12.0. The number of halogens is 6. The highest BCUT2D eigenvalue weighted by Gasteiger charge is 2.40. The van der Waals surface area contributed by atoms with E-state index in [4.69, 9.17) is 17.3 Å². The van der Waals surface area contributed by atoms with Crippen molar-refractivity contribution < 1.29 is 26.7 Å². The van der Waals surface area contributed by atoms with Crippen molar-refractivity contribution in [2.24, 2.45) is 5.73 Å². The van der Waals surface area contributed by atoms with Crippen molar-refractivity contribution in [3.05, 3.63) is 28.6 Å². The molecule has 1 rings (SSSR count). The molecule has 9 heteroatoms. The molecule has 0 saturated carbocycles. The van der Waals surface area contributed by atoms with Gasteiger partial charge < -0.3 is 5.73 Å². The number of hydrogen-bond acceptors (Lipinski definition) is 3. The average Bonchev–Trinajstić information content (AvgIpc) is 2.25. The van der Waals surface area contributed by atoms with Crippen LogP contribution in [-0.4, -0.2) is 10.2 Å². The summed E-state index contributed by atoms with van der Waals surface area (Å²) in [6, 6.07) is 0.728. The van der Waals surface area contributed by atoms with E-state index in [0.29, 0.717) is 0 Å². The number of nitrogens with zero attached hydrogens (tertiary/aromatic N) is 1. The van der Waals surface area contributed by atoms with E-state index in [1.54, 1.807) is 0 Å². The molecule has 0 radical (unpaired) electrons. The molecule has 2 N–H and O–H groups in total. The Kier molecular flexibility index (Phi) is 4.23. The van der Waals surface area contributed by atoms with Gasteiger partial charge in [0.05, 0.1) is 11.3 Å². The number of nitrogens with two attached hydrogens (primary N) is 1. The van der Waals surface area contributed by atoms with Crippen LogP contribution in [0, 0.1) is 0 Å². The van der Waals surface area contributed by atoms with Gasteiger partial charge >= 0.3 is 6.18 Å². The molecule has 0 amide bonds. The van der Waals surface area contributed by atoms with Gasteiger partial charge in [-0.25, -0.2) is 13.8 Å². The van der Waals surface area contributed by atoms with E-state index in [-0.39, 0.29) is 5.69 Å². The van der Waals surface area contributed by atoms with E-state index in [1.807, 2.05) is 0 Å². The maximum atomic E-state index is 12.6. The minimum absolute atomic E-state index is 0.351. The minimum atomic E-state index is -5.13. The monoisotopic (exact) mass is 288 g/mol. The van der Waals surface area contributed by atoms with Gasteiger partial charge in [0, 0.05) is 12.1 Å². The van der Waals surface area contributed by atoms with E-state index >= 15 is 0 Å². The van der Waals surface area contributed by atoms with Crippen LogP contribution in [0.1, 0.15) is 33.7 Å². The summed E-state index contributed by atoms with van der Waals surface area (Å²) in [7, 11) is 0. The number of hydrogen-bond donors (Lipinski definition) is 1. The summed E-state index contributed by atoms with van der Waals surface area (Å²) in [6.07, 6.45) is -8.66. The predicted octanol–water partition coefficient (Wildman–Crippen LogP) is 2.88. The first-order valence-electron chi connectivity index (χ1n) is 4.47. The van der Waals surface area contributed by atoms with Crippen LogP contribution >= 0.6 is 11.6 Å². The van der Waals surface area contributed by atoms with Crippen LogP contribution < -0.4 is 5.73 Å². The highest BCUT2D eigenvalue weighted by atomic mass is 35.5. The van der Waals surface area contributed by atoms with Crippen molar-refractivity contribution in [1.82, 2.24) is 4.98 Å². The number of pyridine rings is 1. The van der Waals surface area contributed by atoms with Gasteiger partial charge in [0.2, 0.25) is 0 Å². The Hall–Kier alpha value is -1.28. The maximum absolute atomic E-state index is 12.6. The first kappa shape index (κ1) is 14.8. The summed E-state index contributed by atoms with van der Waals surface area (Å²) in [5.41, 5.74) is 0.427. The third-order valence-electron chi connectivity index (χ3n) is 2.02. The molecule has 0 fully saturated rings. The predicted molar refractivity (Wildman–Crippen MR) is 52.3 cm³/mol. The Morgan fingerprint density at radius 1 is 1.44 bits per heavy atom. The van der Waals surface area contributed by atoms with Gasteiger partial charge in [-0.05, 0) is 17.7 Å². The highest BCUT2D eigenvalue weighted by molar-refractivity contribution is 6.68. The zero-order valence-corrected chi connectivity index (χ0v) is 9.32. The van der Waals surface area contributed by atoms with Crippen molar-refractivity contribution in [2.45, 2.75) is 19.1 Å². The van der Waals surface area contributed by atoms with E-state index in [0.717, 1.165) is 6.07 Å². The van der Waals surface area contributed by atoms with Crippen molar-refractivity contribution in [3.63, 3.8) is 0 Å². The standard InChI is InChI=1S/C9H6ClF5N2O/c10-7(18)4-1-3(2-16)17-6(9(13,14)15)5(4)8(11)12/h1,8H,2,16H2. The number of carbonyl (C=O) groups is 1. The summed E-state index contributed by atoms with van der Waals surface area (Å²) >= 11 is 5.00. The van der Waals surface area contributed by atoms with Crippen LogP contribution in [0.15, 0.2) is 6.07 Å². The second kappa shape index (κ2) is 5.15. The molecule has 100 valence electrons. The van der Waals surface area contributed by atoms with Crippen LogP contribution in [0.25, 0.3) is 0 Å². The molecule has 18 heavy (non-hydrogen) atoms. The lowest BCUT2D eigenvalue weighted by Gasteiger charge is -2.15. The molecule has 0 atom stereocenters. The number of rotatable bonds is 3. The maximum Gasteiger partial charge on any atom is 0.433 e. The van der Waals surface area contributed by atoms with E-state index in [9.17, 15) is 26.7 Å². The Morgan fingerprint density at radius 2 is 2.00 bits per heavy atom. The molecule has 1 aromatic heterocycles. The van der Waals surface area contributed by atoms with Crippen LogP contribution in [0.2, 0.25) is 0 Å². The van der Waals surface area contributed by atoms with Crippen molar-refractivity contribution in [1.29, 1.82) is 0 Å². The first-order valence-corrected chi connectivity index (χ1v) is 4.85. The molecule has 0 aliphatic carbocycles. The largest absolute Gasteiger partial charge is 0.433 e. The quantitative estimate of drug-likeness (QED) is 0.687. The van der Waals surface area contributed by atoms with Gasteiger partial charge in [-0.1, -0.05) is 0 Å². The third kappa shape index (κ3) is 2.94. The van der Waals surface area contributed by atoms with Crippen LogP contribution in [0.3, 0.4) is 0 Å². The third-order valence-corrected chi connectivity index (χ3v) is 2.22. The fourth-order valence-electron chi connectivity index (χ4n) is 1.31. The SMILES string of the molecule is NCc1cc(C(=O)Cl)c(C(F)F)c(C(F)(F)F)n1. The minimum Gasteiger partial charge on any atom is -0.325 e. The van der Waals surface area contributed by atoms with E-state index < -0.39 is 41.2 Å².